The predicted octanol–water partition coefficient (Wildman–Crippen LogP) is 2.32. The van der Waals surface area contributed by atoms with Crippen LogP contribution in [-0.4, -0.2) is 43.4 Å². The highest BCUT2D eigenvalue weighted by molar-refractivity contribution is 7.08. The van der Waals surface area contributed by atoms with Crippen LogP contribution in [0.5, 0.6) is 0 Å². The molecule has 0 bridgehead atoms. The van der Waals surface area contributed by atoms with Crippen LogP contribution in [0, 0.1) is 5.41 Å². The second-order valence-corrected chi connectivity index (χ2v) is 8.05. The van der Waals surface area contributed by atoms with Crippen LogP contribution >= 0.6 is 11.3 Å². The van der Waals surface area contributed by atoms with E-state index in [4.69, 9.17) is 4.74 Å². The van der Waals surface area contributed by atoms with E-state index >= 15 is 0 Å². The van der Waals surface area contributed by atoms with E-state index in [2.05, 4.69) is 36.4 Å². The fraction of sp³-hybridized carbons (Fsp3) is 0.706. The molecule has 23 heavy (non-hydrogen) atoms. The van der Waals surface area contributed by atoms with Crippen LogP contribution in [0.4, 0.5) is 0 Å². The van der Waals surface area contributed by atoms with Gasteiger partial charge in [-0.2, -0.15) is 11.3 Å². The van der Waals surface area contributed by atoms with Crippen molar-refractivity contribution in [2.75, 3.05) is 20.7 Å². The highest BCUT2D eigenvalue weighted by atomic mass is 32.1. The van der Waals surface area contributed by atoms with Crippen molar-refractivity contribution in [1.29, 1.82) is 0 Å². The fourth-order valence-electron chi connectivity index (χ4n) is 3.01. The lowest BCUT2D eigenvalue weighted by Crippen LogP contribution is -2.69. The fourth-order valence-corrected chi connectivity index (χ4v) is 3.79. The molecule has 1 aromatic heterocycles. The first-order chi connectivity index (χ1) is 10.7. The van der Waals surface area contributed by atoms with Crippen LogP contribution < -0.4 is 10.6 Å². The lowest BCUT2D eigenvalue weighted by molar-refractivity contribution is -0.176. The molecule has 1 fully saturated rings. The van der Waals surface area contributed by atoms with E-state index in [1.54, 1.807) is 25.5 Å². The molecule has 0 aromatic carbocycles. The van der Waals surface area contributed by atoms with Gasteiger partial charge in [0.1, 0.15) is 5.60 Å². The summed E-state index contributed by atoms with van der Waals surface area (Å²) in [7, 11) is 3.51. The molecule has 3 atom stereocenters. The minimum atomic E-state index is -0.923. The van der Waals surface area contributed by atoms with Crippen LogP contribution in [0.15, 0.2) is 21.8 Å². The highest BCUT2D eigenvalue weighted by Gasteiger charge is 2.58. The van der Waals surface area contributed by atoms with Gasteiger partial charge in [0.2, 0.25) is 0 Å². The summed E-state index contributed by atoms with van der Waals surface area (Å²) in [6.45, 7) is 8.75. The highest BCUT2D eigenvalue weighted by Crippen LogP contribution is 2.51. The number of rotatable bonds is 5. The summed E-state index contributed by atoms with van der Waals surface area (Å²) in [6, 6.07) is 2.23. The Hall–Kier alpha value is -1.11. The Labute approximate surface area is 143 Å². The van der Waals surface area contributed by atoms with E-state index in [1.807, 2.05) is 23.8 Å². The van der Waals surface area contributed by atoms with Gasteiger partial charge >= 0.3 is 0 Å². The van der Waals surface area contributed by atoms with Crippen LogP contribution in [-0.2, 0) is 10.3 Å². The predicted molar refractivity (Wildman–Crippen MR) is 96.0 cm³/mol. The first kappa shape index (κ1) is 18.2. The average molecular weight is 340 g/mol. The van der Waals surface area contributed by atoms with Crippen LogP contribution in [0.25, 0.3) is 0 Å². The Morgan fingerprint density at radius 1 is 1.52 bits per heavy atom. The molecule has 0 saturated heterocycles. The van der Waals surface area contributed by atoms with Gasteiger partial charge in [-0.1, -0.05) is 13.8 Å². The molecule has 0 amide bonds. The molecule has 0 spiro atoms. The van der Waals surface area contributed by atoms with E-state index < -0.39 is 5.60 Å². The van der Waals surface area contributed by atoms with Crippen molar-refractivity contribution < 1.29 is 9.84 Å². The number of nitrogens with zero attached hydrogens (tertiary/aromatic N) is 1. The van der Waals surface area contributed by atoms with Gasteiger partial charge in [-0.25, -0.2) is 0 Å². The van der Waals surface area contributed by atoms with Crippen molar-refractivity contribution in [2.24, 2.45) is 10.4 Å². The van der Waals surface area contributed by atoms with E-state index in [9.17, 15) is 5.11 Å². The van der Waals surface area contributed by atoms with Gasteiger partial charge < -0.3 is 20.5 Å². The zero-order valence-corrected chi connectivity index (χ0v) is 15.8. The quantitative estimate of drug-likeness (QED) is 0.569. The third-order valence-electron chi connectivity index (χ3n) is 5.56. The minimum absolute atomic E-state index is 0.00917. The van der Waals surface area contributed by atoms with Gasteiger partial charge in [0, 0.05) is 25.6 Å². The van der Waals surface area contributed by atoms with Gasteiger partial charge in [0.05, 0.1) is 12.1 Å². The molecule has 1 aliphatic rings. The maximum absolute atomic E-state index is 10.6. The molecule has 2 rings (SSSR count). The first-order valence-electron chi connectivity index (χ1n) is 7.94. The van der Waals surface area contributed by atoms with Crippen molar-refractivity contribution in [1.82, 2.24) is 10.6 Å². The number of guanidine groups is 1. The molecule has 3 N–H and O–H groups in total. The van der Waals surface area contributed by atoms with E-state index in [-0.39, 0.29) is 17.1 Å². The third kappa shape index (κ3) is 3.39. The molecule has 1 aliphatic carbocycles. The number of methoxy groups -OCH3 is 1. The summed E-state index contributed by atoms with van der Waals surface area (Å²) < 4.78 is 5.66. The summed E-state index contributed by atoms with van der Waals surface area (Å²) in [5, 5.41) is 21.2. The van der Waals surface area contributed by atoms with Gasteiger partial charge in [-0.05, 0) is 42.7 Å². The van der Waals surface area contributed by atoms with Crippen LogP contribution in [0.2, 0.25) is 0 Å². The molecule has 130 valence electrons. The molecule has 1 aromatic rings. The van der Waals surface area contributed by atoms with Crippen molar-refractivity contribution in [3.8, 4) is 0 Å². The smallest absolute Gasteiger partial charge is 0.191 e. The lowest BCUT2D eigenvalue weighted by Gasteiger charge is -2.59. The summed E-state index contributed by atoms with van der Waals surface area (Å²) in [5.41, 5.74) is -0.115. The third-order valence-corrected chi connectivity index (χ3v) is 6.24. The minimum Gasteiger partial charge on any atom is -0.384 e. The number of aliphatic hydroxyl groups is 1. The van der Waals surface area contributed by atoms with Crippen molar-refractivity contribution >= 4 is 17.3 Å². The van der Waals surface area contributed by atoms with Crippen molar-refractivity contribution in [3.63, 3.8) is 0 Å². The average Bonchev–Trinajstić information content (AvgIpc) is 3.05. The SMILES string of the molecule is CN=C(NCC(C)(O)c1ccsc1)NC1CC(C)(OC)C1(C)C. The van der Waals surface area contributed by atoms with Gasteiger partial charge in [-0.3, -0.25) is 4.99 Å². The summed E-state index contributed by atoms with van der Waals surface area (Å²) in [5.74, 6) is 0.705. The van der Waals surface area contributed by atoms with Gasteiger partial charge in [0.15, 0.2) is 5.96 Å². The Bertz CT molecular complexity index is 554. The zero-order valence-electron chi connectivity index (χ0n) is 14.9. The molecule has 0 radical (unpaired) electrons. The maximum atomic E-state index is 10.6. The van der Waals surface area contributed by atoms with Crippen molar-refractivity contribution in [3.05, 3.63) is 22.4 Å². The molecule has 5 nitrogen and oxygen atoms in total. The normalized spacial score (nSPS) is 29.5. The Morgan fingerprint density at radius 2 is 2.22 bits per heavy atom. The lowest BCUT2D eigenvalue weighted by atomic mass is 9.56. The van der Waals surface area contributed by atoms with Crippen LogP contribution in [0.3, 0.4) is 0 Å². The number of ether oxygens (including phenoxy) is 1. The van der Waals surface area contributed by atoms with E-state index in [0.29, 0.717) is 12.5 Å². The first-order valence-corrected chi connectivity index (χ1v) is 8.88. The van der Waals surface area contributed by atoms with Gasteiger partial charge in [-0.15, -0.1) is 0 Å². The standard InChI is InChI=1S/C17H29N3O2S/c1-15(2)13(9-17(15,4)22-6)20-14(18-5)19-11-16(3,21)12-7-8-23-10-12/h7-8,10,13,21H,9,11H2,1-6H3,(H2,18,19,20). The molecule has 0 aliphatic heterocycles. The Morgan fingerprint density at radius 3 is 2.70 bits per heavy atom. The number of aliphatic imine (C=N–C) groups is 1. The second kappa shape index (κ2) is 6.42. The van der Waals surface area contributed by atoms with E-state index in [1.165, 1.54) is 0 Å². The molecular weight excluding hydrogens is 310 g/mol. The molecular formula is C17H29N3O2S. The maximum Gasteiger partial charge on any atom is 0.191 e. The summed E-state index contributed by atoms with van der Waals surface area (Å²) in [4.78, 5) is 4.28. The summed E-state index contributed by atoms with van der Waals surface area (Å²) in [6.07, 6.45) is 0.929. The largest absolute Gasteiger partial charge is 0.384 e. The Kier molecular flexibility index (Phi) is 5.09. The van der Waals surface area contributed by atoms with Crippen LogP contribution in [0.1, 0.15) is 39.7 Å². The topological polar surface area (TPSA) is 65.9 Å². The molecule has 6 heteroatoms. The van der Waals surface area contributed by atoms with Gasteiger partial charge in [0.25, 0.3) is 0 Å². The molecule has 1 saturated carbocycles. The summed E-state index contributed by atoms with van der Waals surface area (Å²) >= 11 is 1.58. The second-order valence-electron chi connectivity index (χ2n) is 7.27. The monoisotopic (exact) mass is 339 g/mol. The Balaban J connectivity index is 1.93. The number of thiophene rings is 1. The zero-order chi connectivity index (χ0) is 17.3. The number of hydrogen-bond acceptors (Lipinski definition) is 4. The number of nitrogens with one attached hydrogen (secondary N) is 2. The van der Waals surface area contributed by atoms with Crippen molar-refractivity contribution in [2.45, 2.75) is 51.4 Å². The molecule has 1 heterocycles. The number of hydrogen-bond donors (Lipinski definition) is 3. The molecule has 3 unspecified atom stereocenters. The van der Waals surface area contributed by atoms with E-state index in [0.717, 1.165) is 12.0 Å².